The molecule has 0 saturated heterocycles. The van der Waals surface area contributed by atoms with E-state index in [1.165, 1.54) is 12.1 Å². The van der Waals surface area contributed by atoms with Crippen molar-refractivity contribution in [2.75, 3.05) is 46.2 Å². The first-order valence-electron chi connectivity index (χ1n) is 14.2. The molecule has 0 aromatic heterocycles. The number of benzene rings is 3. The van der Waals surface area contributed by atoms with E-state index in [0.29, 0.717) is 57.7 Å². The predicted molar refractivity (Wildman–Crippen MR) is 168 cm³/mol. The van der Waals surface area contributed by atoms with Crippen LogP contribution in [0.1, 0.15) is 30.6 Å². The van der Waals surface area contributed by atoms with Crippen molar-refractivity contribution >= 4 is 23.5 Å². The third kappa shape index (κ3) is 14.4. The molecular weight excluding hydrogens is 572 g/mol. The van der Waals surface area contributed by atoms with Crippen LogP contribution in [0, 0.1) is 5.92 Å². The topological polar surface area (TPSA) is 101 Å². The fraction of sp³-hybridized carbons (Fsp3) is 0.353. The highest BCUT2D eigenvalue weighted by Gasteiger charge is 2.23. The Balaban J connectivity index is 0.000000300. The highest BCUT2D eigenvalue weighted by atomic mass is 35.5. The summed E-state index contributed by atoms with van der Waals surface area (Å²) < 4.78 is 26.5. The van der Waals surface area contributed by atoms with Gasteiger partial charge in [-0.1, -0.05) is 68.8 Å². The SMILES string of the molecule is C=CCOCCOCCOCCOc1ccc(C(=O)O)cc1.CC[C@H](C)[C@H](Cl)C(=O)Oc1ccc(-c2ccccc2)cc1. The van der Waals surface area contributed by atoms with Crippen LogP contribution in [0.3, 0.4) is 0 Å². The molecule has 0 unspecified atom stereocenters. The third-order valence-corrected chi connectivity index (χ3v) is 6.73. The number of rotatable bonds is 18. The van der Waals surface area contributed by atoms with E-state index in [4.69, 9.17) is 40.4 Å². The second-order valence-electron chi connectivity index (χ2n) is 9.37. The number of carbonyl (C=O) groups is 2. The quantitative estimate of drug-likeness (QED) is 0.0544. The van der Waals surface area contributed by atoms with Gasteiger partial charge in [-0.05, 0) is 53.4 Å². The van der Waals surface area contributed by atoms with Crippen LogP contribution in [0.25, 0.3) is 11.1 Å². The summed E-state index contributed by atoms with van der Waals surface area (Å²) in [5.74, 6) is -0.108. The minimum Gasteiger partial charge on any atom is -0.491 e. The van der Waals surface area contributed by atoms with E-state index in [1.54, 1.807) is 30.3 Å². The first-order valence-corrected chi connectivity index (χ1v) is 14.6. The first-order chi connectivity index (χ1) is 20.8. The van der Waals surface area contributed by atoms with Gasteiger partial charge in [0.05, 0.1) is 45.2 Å². The fourth-order valence-corrected chi connectivity index (χ4v) is 3.70. The summed E-state index contributed by atoms with van der Waals surface area (Å²) in [4.78, 5) is 22.6. The van der Waals surface area contributed by atoms with Gasteiger partial charge in [0.1, 0.15) is 23.5 Å². The molecule has 2 atom stereocenters. The number of carboxylic acid groups (broad SMARTS) is 1. The molecule has 0 spiro atoms. The van der Waals surface area contributed by atoms with Crippen molar-refractivity contribution in [3.05, 3.63) is 97.1 Å². The Morgan fingerprint density at radius 2 is 1.33 bits per heavy atom. The molecule has 8 nitrogen and oxygen atoms in total. The van der Waals surface area contributed by atoms with Crippen molar-refractivity contribution in [2.45, 2.75) is 25.6 Å². The summed E-state index contributed by atoms with van der Waals surface area (Å²) in [5.41, 5.74) is 2.45. The van der Waals surface area contributed by atoms with E-state index < -0.39 is 17.3 Å². The lowest BCUT2D eigenvalue weighted by Gasteiger charge is -2.15. The van der Waals surface area contributed by atoms with Crippen molar-refractivity contribution in [2.24, 2.45) is 5.92 Å². The summed E-state index contributed by atoms with van der Waals surface area (Å²) in [6.45, 7) is 10.9. The second-order valence-corrected chi connectivity index (χ2v) is 9.84. The molecule has 0 saturated carbocycles. The Bertz CT molecular complexity index is 1200. The van der Waals surface area contributed by atoms with E-state index in [0.717, 1.165) is 17.5 Å². The van der Waals surface area contributed by atoms with Crippen LogP contribution in [0.15, 0.2) is 91.5 Å². The Kier molecular flexibility index (Phi) is 17.4. The van der Waals surface area contributed by atoms with E-state index in [1.807, 2.05) is 56.3 Å². The maximum absolute atomic E-state index is 11.9. The van der Waals surface area contributed by atoms with Gasteiger partial charge in [0, 0.05) is 0 Å². The van der Waals surface area contributed by atoms with Crippen LogP contribution in [-0.4, -0.2) is 68.7 Å². The van der Waals surface area contributed by atoms with Gasteiger partial charge in [0.2, 0.25) is 0 Å². The van der Waals surface area contributed by atoms with Gasteiger partial charge in [0.15, 0.2) is 0 Å². The second kappa shape index (κ2) is 21.1. The molecule has 43 heavy (non-hydrogen) atoms. The number of hydrogen-bond acceptors (Lipinski definition) is 7. The zero-order valence-corrected chi connectivity index (χ0v) is 25.5. The van der Waals surface area contributed by atoms with Crippen LogP contribution in [-0.2, 0) is 19.0 Å². The molecule has 0 aliphatic heterocycles. The molecule has 0 radical (unpaired) electrons. The molecule has 0 fully saturated rings. The number of halogens is 1. The standard InChI is InChI=1S/C18H19ClO2.C16H22O6/c1-3-13(2)17(19)18(20)21-16-11-9-15(10-12-16)14-7-5-4-6-8-14;1-2-7-19-8-9-20-10-11-21-12-13-22-15-5-3-14(4-6-15)16(17)18/h4-13,17H,3H2,1-2H3;2-6H,1,7-13H2,(H,17,18)/t13-,17-;/m0./s1. The number of hydrogen-bond donors (Lipinski definition) is 1. The van der Waals surface area contributed by atoms with Crippen LogP contribution in [0.4, 0.5) is 0 Å². The maximum atomic E-state index is 11.9. The van der Waals surface area contributed by atoms with E-state index in [2.05, 4.69) is 6.58 Å². The molecule has 0 amide bonds. The van der Waals surface area contributed by atoms with Crippen LogP contribution in [0.5, 0.6) is 11.5 Å². The van der Waals surface area contributed by atoms with Gasteiger partial charge in [0.25, 0.3) is 0 Å². The van der Waals surface area contributed by atoms with E-state index in [-0.39, 0.29) is 11.5 Å². The lowest BCUT2D eigenvalue weighted by Crippen LogP contribution is -2.26. The highest BCUT2D eigenvalue weighted by molar-refractivity contribution is 6.30. The zero-order chi connectivity index (χ0) is 31.3. The van der Waals surface area contributed by atoms with Crippen molar-refractivity contribution in [1.82, 2.24) is 0 Å². The molecule has 0 aliphatic carbocycles. The third-order valence-electron chi connectivity index (χ3n) is 6.13. The summed E-state index contributed by atoms with van der Waals surface area (Å²) in [6, 6.07) is 23.7. The maximum Gasteiger partial charge on any atom is 0.335 e. The molecular formula is C34H41ClO8. The molecule has 3 aromatic rings. The van der Waals surface area contributed by atoms with Gasteiger partial charge in [-0.15, -0.1) is 18.2 Å². The van der Waals surface area contributed by atoms with Crippen molar-refractivity contribution < 1.29 is 38.4 Å². The summed E-state index contributed by atoms with van der Waals surface area (Å²) in [7, 11) is 0. The van der Waals surface area contributed by atoms with Crippen molar-refractivity contribution in [3.63, 3.8) is 0 Å². The van der Waals surface area contributed by atoms with Crippen molar-refractivity contribution in [1.29, 1.82) is 0 Å². The minimum atomic E-state index is -0.954. The monoisotopic (exact) mass is 612 g/mol. The smallest absolute Gasteiger partial charge is 0.335 e. The van der Waals surface area contributed by atoms with Gasteiger partial charge in [-0.2, -0.15) is 0 Å². The van der Waals surface area contributed by atoms with Gasteiger partial charge < -0.3 is 28.8 Å². The number of esters is 1. The van der Waals surface area contributed by atoms with Crippen LogP contribution in [0.2, 0.25) is 0 Å². The van der Waals surface area contributed by atoms with Crippen LogP contribution < -0.4 is 9.47 Å². The van der Waals surface area contributed by atoms with E-state index in [9.17, 15) is 9.59 Å². The largest absolute Gasteiger partial charge is 0.491 e. The number of alkyl halides is 1. The Morgan fingerprint density at radius 3 is 1.88 bits per heavy atom. The Hall–Kier alpha value is -3.69. The normalized spacial score (nSPS) is 11.9. The fourth-order valence-electron chi connectivity index (χ4n) is 3.48. The molecule has 3 rings (SSSR count). The average Bonchev–Trinajstić information content (AvgIpc) is 3.04. The first kappa shape index (κ1) is 35.5. The molecule has 232 valence electrons. The number of carboxylic acids is 1. The minimum absolute atomic E-state index is 0.0998. The molecule has 9 heteroatoms. The van der Waals surface area contributed by atoms with Gasteiger partial charge in [-0.3, -0.25) is 4.79 Å². The highest BCUT2D eigenvalue weighted by Crippen LogP contribution is 2.23. The summed E-state index contributed by atoms with van der Waals surface area (Å²) >= 11 is 6.08. The summed E-state index contributed by atoms with van der Waals surface area (Å²) in [6.07, 6.45) is 2.54. The van der Waals surface area contributed by atoms with Crippen molar-refractivity contribution in [3.8, 4) is 22.6 Å². The van der Waals surface area contributed by atoms with Crippen LogP contribution >= 0.6 is 11.6 Å². The average molecular weight is 613 g/mol. The summed E-state index contributed by atoms with van der Waals surface area (Å²) in [5, 5.41) is 8.16. The number of ether oxygens (including phenoxy) is 5. The van der Waals surface area contributed by atoms with Gasteiger partial charge in [-0.25, -0.2) is 4.79 Å². The Labute approximate surface area is 259 Å². The predicted octanol–water partition coefficient (Wildman–Crippen LogP) is 6.91. The Morgan fingerprint density at radius 1 is 0.791 bits per heavy atom. The molecule has 1 N–H and O–H groups in total. The molecule has 0 heterocycles. The zero-order valence-electron chi connectivity index (χ0n) is 24.8. The van der Waals surface area contributed by atoms with E-state index >= 15 is 0 Å². The molecule has 0 aliphatic rings. The number of carbonyl (C=O) groups excluding carboxylic acids is 1. The lowest BCUT2D eigenvalue weighted by atomic mass is 10.0. The lowest BCUT2D eigenvalue weighted by molar-refractivity contribution is -0.134. The molecule has 0 bridgehead atoms. The van der Waals surface area contributed by atoms with Gasteiger partial charge >= 0.3 is 11.9 Å². The molecule has 3 aromatic carbocycles. The number of aromatic carboxylic acids is 1.